The second-order valence-corrected chi connectivity index (χ2v) is 6.78. The van der Waals surface area contributed by atoms with E-state index in [9.17, 15) is 4.79 Å². The van der Waals surface area contributed by atoms with Crippen molar-refractivity contribution in [3.05, 3.63) is 58.9 Å². The number of hydrogen-bond acceptors (Lipinski definition) is 2. The van der Waals surface area contributed by atoms with Gasteiger partial charge < -0.3 is 14.8 Å². The van der Waals surface area contributed by atoms with Crippen molar-refractivity contribution in [2.24, 2.45) is 0 Å². The van der Waals surface area contributed by atoms with Crippen LogP contribution in [-0.4, -0.2) is 42.6 Å². The first-order chi connectivity index (χ1) is 11.9. The van der Waals surface area contributed by atoms with Crippen LogP contribution in [0.5, 0.6) is 0 Å². The molecular weight excluding hydrogens is 310 g/mol. The van der Waals surface area contributed by atoms with E-state index < -0.39 is 0 Å². The van der Waals surface area contributed by atoms with Crippen LogP contribution in [0.15, 0.2) is 36.4 Å². The minimum Gasteiger partial charge on any atom is -0.353 e. The number of carbonyl (C=O) groups is 1. The standard InChI is InChI=1S/C21H29N3O/c1-16-7-10-20(11-8-16)24-17(2)15-19(18(24)3)9-12-21(25)22-13-6-14-23(4)5/h7-12,15H,6,13-14H2,1-5H3,(H,22,25)/b12-9+. The smallest absolute Gasteiger partial charge is 0.244 e. The van der Waals surface area contributed by atoms with Crippen molar-refractivity contribution in [1.82, 2.24) is 14.8 Å². The Hall–Kier alpha value is -2.33. The summed E-state index contributed by atoms with van der Waals surface area (Å²) in [4.78, 5) is 14.1. The molecule has 0 unspecified atom stereocenters. The normalized spacial score (nSPS) is 11.4. The molecule has 134 valence electrons. The summed E-state index contributed by atoms with van der Waals surface area (Å²) in [5, 5.41) is 2.93. The lowest BCUT2D eigenvalue weighted by Crippen LogP contribution is -2.25. The molecule has 0 fully saturated rings. The fraction of sp³-hybridized carbons (Fsp3) is 0.381. The van der Waals surface area contributed by atoms with Crippen molar-refractivity contribution in [3.8, 4) is 5.69 Å². The van der Waals surface area contributed by atoms with Gasteiger partial charge in [-0.05, 0) is 77.7 Å². The maximum absolute atomic E-state index is 12.0. The van der Waals surface area contributed by atoms with Crippen LogP contribution in [0.2, 0.25) is 0 Å². The molecule has 0 saturated carbocycles. The predicted molar refractivity (Wildman–Crippen MR) is 105 cm³/mol. The molecule has 1 aromatic carbocycles. The Balaban J connectivity index is 2.04. The zero-order chi connectivity index (χ0) is 18.4. The lowest BCUT2D eigenvalue weighted by Gasteiger charge is -2.10. The van der Waals surface area contributed by atoms with Crippen LogP contribution in [0.25, 0.3) is 11.8 Å². The third-order valence-corrected chi connectivity index (χ3v) is 4.26. The van der Waals surface area contributed by atoms with E-state index in [4.69, 9.17) is 0 Å². The van der Waals surface area contributed by atoms with Gasteiger partial charge in [0.2, 0.25) is 5.91 Å². The minimum atomic E-state index is -0.0427. The molecule has 1 amide bonds. The molecule has 1 aromatic heterocycles. The van der Waals surface area contributed by atoms with E-state index in [-0.39, 0.29) is 5.91 Å². The molecule has 2 rings (SSSR count). The summed E-state index contributed by atoms with van der Waals surface area (Å²) < 4.78 is 2.22. The van der Waals surface area contributed by atoms with Crippen LogP contribution in [0.4, 0.5) is 0 Å². The minimum absolute atomic E-state index is 0.0427. The van der Waals surface area contributed by atoms with Crippen LogP contribution in [0.3, 0.4) is 0 Å². The molecule has 0 bridgehead atoms. The second kappa shape index (κ2) is 8.67. The van der Waals surface area contributed by atoms with Crippen LogP contribution < -0.4 is 5.32 Å². The highest BCUT2D eigenvalue weighted by molar-refractivity contribution is 5.91. The van der Waals surface area contributed by atoms with Crippen molar-refractivity contribution in [2.75, 3.05) is 27.2 Å². The number of amides is 1. The fourth-order valence-corrected chi connectivity index (χ4v) is 2.88. The van der Waals surface area contributed by atoms with E-state index in [1.165, 1.54) is 5.56 Å². The van der Waals surface area contributed by atoms with Gasteiger partial charge >= 0.3 is 0 Å². The molecule has 1 N–H and O–H groups in total. The van der Waals surface area contributed by atoms with Gasteiger partial charge in [-0.3, -0.25) is 4.79 Å². The molecule has 4 heteroatoms. The number of aromatic nitrogens is 1. The van der Waals surface area contributed by atoms with Crippen LogP contribution in [0.1, 0.15) is 28.9 Å². The topological polar surface area (TPSA) is 37.3 Å². The van der Waals surface area contributed by atoms with Gasteiger partial charge in [-0.25, -0.2) is 0 Å². The van der Waals surface area contributed by atoms with Crippen LogP contribution >= 0.6 is 0 Å². The number of nitrogens with one attached hydrogen (secondary N) is 1. The summed E-state index contributed by atoms with van der Waals surface area (Å²) in [6.45, 7) is 7.93. The van der Waals surface area contributed by atoms with E-state index in [1.54, 1.807) is 6.08 Å². The van der Waals surface area contributed by atoms with Crippen molar-refractivity contribution in [2.45, 2.75) is 27.2 Å². The first kappa shape index (κ1) is 19.0. The molecule has 1 heterocycles. The summed E-state index contributed by atoms with van der Waals surface area (Å²) in [6, 6.07) is 10.6. The third kappa shape index (κ3) is 5.33. The van der Waals surface area contributed by atoms with Gasteiger partial charge in [-0.2, -0.15) is 0 Å². The van der Waals surface area contributed by atoms with E-state index in [0.29, 0.717) is 6.54 Å². The molecule has 25 heavy (non-hydrogen) atoms. The van der Waals surface area contributed by atoms with Crippen molar-refractivity contribution in [1.29, 1.82) is 0 Å². The summed E-state index contributed by atoms with van der Waals surface area (Å²) in [7, 11) is 4.07. The monoisotopic (exact) mass is 339 g/mol. The van der Waals surface area contributed by atoms with Gasteiger partial charge in [0.15, 0.2) is 0 Å². The average Bonchev–Trinajstić information content (AvgIpc) is 2.84. The predicted octanol–water partition coefficient (Wildman–Crippen LogP) is 3.48. The SMILES string of the molecule is Cc1ccc(-n2c(C)cc(/C=C/C(=O)NCCCN(C)C)c2C)cc1. The zero-order valence-electron chi connectivity index (χ0n) is 16.0. The molecule has 4 nitrogen and oxygen atoms in total. The number of benzene rings is 1. The molecule has 0 spiro atoms. The average molecular weight is 339 g/mol. The molecular formula is C21H29N3O. The summed E-state index contributed by atoms with van der Waals surface area (Å²) in [5.41, 5.74) is 5.76. The molecule has 0 radical (unpaired) electrons. The van der Waals surface area contributed by atoms with Crippen molar-refractivity contribution in [3.63, 3.8) is 0 Å². The Morgan fingerprint density at radius 3 is 2.48 bits per heavy atom. The van der Waals surface area contributed by atoms with Crippen LogP contribution in [0, 0.1) is 20.8 Å². The van der Waals surface area contributed by atoms with Gasteiger partial charge in [0.25, 0.3) is 0 Å². The third-order valence-electron chi connectivity index (χ3n) is 4.26. The summed E-state index contributed by atoms with van der Waals surface area (Å²) in [5.74, 6) is -0.0427. The number of hydrogen-bond donors (Lipinski definition) is 1. The molecule has 0 atom stereocenters. The summed E-state index contributed by atoms with van der Waals surface area (Å²) >= 11 is 0. The number of nitrogens with zero attached hydrogens (tertiary/aromatic N) is 2. The first-order valence-corrected chi connectivity index (χ1v) is 8.75. The van der Waals surface area contributed by atoms with Gasteiger partial charge in [-0.15, -0.1) is 0 Å². The van der Waals surface area contributed by atoms with Crippen molar-refractivity contribution < 1.29 is 4.79 Å². The van der Waals surface area contributed by atoms with Crippen molar-refractivity contribution >= 4 is 12.0 Å². The van der Waals surface area contributed by atoms with E-state index in [2.05, 4.69) is 65.9 Å². The lowest BCUT2D eigenvalue weighted by atomic mass is 10.2. The Bertz CT molecular complexity index is 739. The van der Waals surface area contributed by atoms with Gasteiger partial charge in [0.05, 0.1) is 0 Å². The maximum Gasteiger partial charge on any atom is 0.244 e. The van der Waals surface area contributed by atoms with E-state index in [0.717, 1.165) is 35.6 Å². The fourth-order valence-electron chi connectivity index (χ4n) is 2.88. The summed E-state index contributed by atoms with van der Waals surface area (Å²) in [6.07, 6.45) is 4.47. The van der Waals surface area contributed by atoms with E-state index in [1.807, 2.05) is 20.2 Å². The largest absolute Gasteiger partial charge is 0.353 e. The quantitative estimate of drug-likeness (QED) is 0.619. The maximum atomic E-state index is 12.0. The molecule has 0 aliphatic rings. The lowest BCUT2D eigenvalue weighted by molar-refractivity contribution is -0.116. The highest BCUT2D eigenvalue weighted by atomic mass is 16.1. The first-order valence-electron chi connectivity index (χ1n) is 8.75. The number of rotatable bonds is 7. The molecule has 0 aliphatic heterocycles. The Morgan fingerprint density at radius 1 is 1.16 bits per heavy atom. The second-order valence-electron chi connectivity index (χ2n) is 6.78. The molecule has 0 aliphatic carbocycles. The highest BCUT2D eigenvalue weighted by Crippen LogP contribution is 2.22. The number of aryl methyl sites for hydroxylation is 2. The van der Waals surface area contributed by atoms with Gasteiger partial charge in [-0.1, -0.05) is 17.7 Å². The van der Waals surface area contributed by atoms with Gasteiger partial charge in [0.1, 0.15) is 0 Å². The Morgan fingerprint density at radius 2 is 1.84 bits per heavy atom. The van der Waals surface area contributed by atoms with Crippen LogP contribution in [-0.2, 0) is 4.79 Å². The Kier molecular flexibility index (Phi) is 6.59. The number of carbonyl (C=O) groups excluding carboxylic acids is 1. The highest BCUT2D eigenvalue weighted by Gasteiger charge is 2.09. The zero-order valence-corrected chi connectivity index (χ0v) is 16.0. The Labute approximate surface area is 151 Å². The molecule has 2 aromatic rings. The van der Waals surface area contributed by atoms with E-state index >= 15 is 0 Å². The van der Waals surface area contributed by atoms with Gasteiger partial charge in [0, 0.05) is 29.7 Å². The molecule has 0 saturated heterocycles.